The first-order chi connectivity index (χ1) is 9.76. The summed E-state index contributed by atoms with van der Waals surface area (Å²) in [5, 5.41) is 28.2. The van der Waals surface area contributed by atoms with Gasteiger partial charge in [-0.3, -0.25) is 4.79 Å². The number of hydrogen-bond acceptors (Lipinski definition) is 4. The minimum Gasteiger partial charge on any atom is -0.508 e. The van der Waals surface area contributed by atoms with Crippen molar-refractivity contribution in [3.05, 3.63) is 23.8 Å². The van der Waals surface area contributed by atoms with E-state index >= 15 is 0 Å². The summed E-state index contributed by atoms with van der Waals surface area (Å²) in [5.74, 6) is -0.438. The predicted octanol–water partition coefficient (Wildman–Crippen LogP) is 2.64. The largest absolute Gasteiger partial charge is 0.508 e. The maximum absolute atomic E-state index is 11.1. The molecule has 0 saturated carbocycles. The van der Waals surface area contributed by atoms with E-state index in [9.17, 15) is 15.0 Å². The Labute approximate surface area is 125 Å². The van der Waals surface area contributed by atoms with Gasteiger partial charge < -0.3 is 21.1 Å². The van der Waals surface area contributed by atoms with Crippen LogP contribution in [0.15, 0.2) is 18.2 Å². The number of rotatable bonds is 8. The molecular weight excluding hydrogens is 270 g/mol. The maximum Gasteiger partial charge on any atom is 0.323 e. The third kappa shape index (κ3) is 5.27. The van der Waals surface area contributed by atoms with Crippen LogP contribution in [0.25, 0.3) is 0 Å². The SMILES string of the molecule is CCC(CCCc1cc(O)ccc1O)CC(C)(N)C(=O)O. The van der Waals surface area contributed by atoms with Gasteiger partial charge in [0.2, 0.25) is 0 Å². The lowest BCUT2D eigenvalue weighted by Crippen LogP contribution is -2.46. The lowest BCUT2D eigenvalue weighted by atomic mass is 9.85. The zero-order valence-electron chi connectivity index (χ0n) is 12.7. The fourth-order valence-electron chi connectivity index (χ4n) is 2.49. The van der Waals surface area contributed by atoms with E-state index in [4.69, 9.17) is 10.8 Å². The summed E-state index contributed by atoms with van der Waals surface area (Å²) in [6.07, 6.45) is 3.60. The fraction of sp³-hybridized carbons (Fsp3) is 0.562. The van der Waals surface area contributed by atoms with Gasteiger partial charge in [-0.25, -0.2) is 0 Å². The van der Waals surface area contributed by atoms with Crippen molar-refractivity contribution in [2.75, 3.05) is 0 Å². The van der Waals surface area contributed by atoms with Crippen LogP contribution in [0.3, 0.4) is 0 Å². The Kier molecular flexibility index (Phi) is 6.03. The van der Waals surface area contributed by atoms with Crippen LogP contribution in [0.2, 0.25) is 0 Å². The highest BCUT2D eigenvalue weighted by Gasteiger charge is 2.30. The van der Waals surface area contributed by atoms with Crippen molar-refractivity contribution in [2.45, 2.75) is 51.5 Å². The average molecular weight is 295 g/mol. The number of carboxylic acid groups (broad SMARTS) is 1. The minimum atomic E-state index is -1.20. The fourth-order valence-corrected chi connectivity index (χ4v) is 2.49. The molecule has 1 aromatic carbocycles. The van der Waals surface area contributed by atoms with Crippen LogP contribution in [0.1, 0.15) is 45.1 Å². The molecule has 5 N–H and O–H groups in total. The molecule has 0 bridgehead atoms. The van der Waals surface area contributed by atoms with E-state index < -0.39 is 11.5 Å². The standard InChI is InChI=1S/C16H25NO4/c1-3-11(10-16(2,17)15(20)21)5-4-6-12-9-13(18)7-8-14(12)19/h7-9,11,18-19H,3-6,10,17H2,1-2H3,(H,20,21). The van der Waals surface area contributed by atoms with Crippen molar-refractivity contribution in [1.82, 2.24) is 0 Å². The summed E-state index contributed by atoms with van der Waals surface area (Å²) < 4.78 is 0. The van der Waals surface area contributed by atoms with Crippen LogP contribution in [-0.4, -0.2) is 26.8 Å². The van der Waals surface area contributed by atoms with Crippen LogP contribution >= 0.6 is 0 Å². The molecule has 0 radical (unpaired) electrons. The van der Waals surface area contributed by atoms with E-state index in [1.807, 2.05) is 6.92 Å². The van der Waals surface area contributed by atoms with Crippen LogP contribution < -0.4 is 5.73 Å². The number of aryl methyl sites for hydroxylation is 1. The Hall–Kier alpha value is -1.75. The molecule has 0 amide bonds. The smallest absolute Gasteiger partial charge is 0.323 e. The number of phenolic OH excluding ortho intramolecular Hbond substituents is 2. The molecule has 0 aliphatic rings. The summed E-state index contributed by atoms with van der Waals surface area (Å²) in [6, 6.07) is 4.48. The van der Waals surface area contributed by atoms with E-state index in [-0.39, 0.29) is 17.4 Å². The lowest BCUT2D eigenvalue weighted by molar-refractivity contribution is -0.143. The highest BCUT2D eigenvalue weighted by atomic mass is 16.4. The molecule has 118 valence electrons. The van der Waals surface area contributed by atoms with E-state index in [1.54, 1.807) is 13.0 Å². The number of phenols is 2. The Balaban J connectivity index is 2.53. The third-order valence-corrected chi connectivity index (χ3v) is 3.90. The van der Waals surface area contributed by atoms with Gasteiger partial charge in [-0.15, -0.1) is 0 Å². The van der Waals surface area contributed by atoms with E-state index in [2.05, 4.69) is 0 Å². The number of carboxylic acids is 1. The van der Waals surface area contributed by atoms with Gasteiger partial charge in [0, 0.05) is 0 Å². The summed E-state index contributed by atoms with van der Waals surface area (Å²) in [7, 11) is 0. The van der Waals surface area contributed by atoms with Crippen molar-refractivity contribution in [2.24, 2.45) is 11.7 Å². The van der Waals surface area contributed by atoms with E-state index in [0.29, 0.717) is 18.4 Å². The van der Waals surface area contributed by atoms with Gasteiger partial charge in [-0.1, -0.05) is 19.8 Å². The monoisotopic (exact) mass is 295 g/mol. The van der Waals surface area contributed by atoms with E-state index in [0.717, 1.165) is 19.3 Å². The summed E-state index contributed by atoms with van der Waals surface area (Å²) in [4.78, 5) is 11.1. The van der Waals surface area contributed by atoms with Gasteiger partial charge in [0.25, 0.3) is 0 Å². The number of aliphatic carboxylic acids is 1. The van der Waals surface area contributed by atoms with Crippen molar-refractivity contribution in [1.29, 1.82) is 0 Å². The molecule has 1 rings (SSSR count). The predicted molar refractivity (Wildman–Crippen MR) is 81.3 cm³/mol. The highest BCUT2D eigenvalue weighted by molar-refractivity contribution is 5.77. The molecule has 5 nitrogen and oxygen atoms in total. The van der Waals surface area contributed by atoms with Gasteiger partial charge in [0.15, 0.2) is 0 Å². The molecule has 2 atom stereocenters. The van der Waals surface area contributed by atoms with Crippen LogP contribution in [0, 0.1) is 5.92 Å². The van der Waals surface area contributed by atoms with Crippen molar-refractivity contribution >= 4 is 5.97 Å². The average Bonchev–Trinajstić information content (AvgIpc) is 2.41. The summed E-state index contributed by atoms with van der Waals surface area (Å²) in [6.45, 7) is 3.56. The lowest BCUT2D eigenvalue weighted by Gasteiger charge is -2.25. The molecule has 0 aliphatic carbocycles. The number of benzene rings is 1. The van der Waals surface area contributed by atoms with Crippen LogP contribution in [0.4, 0.5) is 0 Å². The number of hydrogen-bond donors (Lipinski definition) is 4. The Morgan fingerprint density at radius 3 is 2.62 bits per heavy atom. The van der Waals surface area contributed by atoms with E-state index in [1.165, 1.54) is 12.1 Å². The Morgan fingerprint density at radius 1 is 1.38 bits per heavy atom. The second kappa shape index (κ2) is 7.31. The molecule has 5 heteroatoms. The molecule has 0 aliphatic heterocycles. The molecule has 0 fully saturated rings. The molecule has 0 saturated heterocycles. The zero-order valence-corrected chi connectivity index (χ0v) is 12.7. The molecule has 0 spiro atoms. The second-order valence-electron chi connectivity index (χ2n) is 5.91. The van der Waals surface area contributed by atoms with Crippen LogP contribution in [0.5, 0.6) is 11.5 Å². The highest BCUT2D eigenvalue weighted by Crippen LogP contribution is 2.27. The molecular formula is C16H25NO4. The van der Waals surface area contributed by atoms with Gasteiger partial charge in [-0.05, 0) is 55.9 Å². The zero-order chi connectivity index (χ0) is 16.0. The Bertz CT molecular complexity index is 485. The first-order valence-electron chi connectivity index (χ1n) is 7.29. The summed E-state index contributed by atoms with van der Waals surface area (Å²) in [5.41, 5.74) is 5.30. The number of aromatic hydroxyl groups is 2. The topological polar surface area (TPSA) is 104 Å². The molecule has 0 heterocycles. The van der Waals surface area contributed by atoms with Crippen molar-refractivity contribution < 1.29 is 20.1 Å². The molecule has 21 heavy (non-hydrogen) atoms. The van der Waals surface area contributed by atoms with Gasteiger partial charge in [0.1, 0.15) is 17.0 Å². The second-order valence-corrected chi connectivity index (χ2v) is 5.91. The van der Waals surface area contributed by atoms with Crippen LogP contribution in [-0.2, 0) is 11.2 Å². The van der Waals surface area contributed by atoms with Gasteiger partial charge >= 0.3 is 5.97 Å². The first-order valence-corrected chi connectivity index (χ1v) is 7.29. The summed E-state index contributed by atoms with van der Waals surface area (Å²) >= 11 is 0. The van der Waals surface area contributed by atoms with Gasteiger partial charge in [-0.2, -0.15) is 0 Å². The normalized spacial score (nSPS) is 15.4. The third-order valence-electron chi connectivity index (χ3n) is 3.90. The maximum atomic E-state index is 11.1. The number of carbonyl (C=O) groups is 1. The Morgan fingerprint density at radius 2 is 2.05 bits per heavy atom. The van der Waals surface area contributed by atoms with Gasteiger partial charge in [0.05, 0.1) is 0 Å². The first kappa shape index (κ1) is 17.3. The molecule has 1 aromatic rings. The molecule has 2 unspecified atom stereocenters. The minimum absolute atomic E-state index is 0.134. The van der Waals surface area contributed by atoms with Crippen molar-refractivity contribution in [3.8, 4) is 11.5 Å². The number of nitrogens with two attached hydrogens (primary N) is 1. The quantitative estimate of drug-likeness (QED) is 0.552. The molecule has 0 aromatic heterocycles. The van der Waals surface area contributed by atoms with Crippen molar-refractivity contribution in [3.63, 3.8) is 0 Å².